The molecule has 1 unspecified atom stereocenters. The van der Waals surface area contributed by atoms with Crippen LogP contribution in [-0.4, -0.2) is 34.9 Å². The minimum absolute atomic E-state index is 0.0291. The van der Waals surface area contributed by atoms with Crippen molar-refractivity contribution < 1.29 is 14.0 Å². The Labute approximate surface area is 155 Å². The van der Waals surface area contributed by atoms with Gasteiger partial charge in [-0.25, -0.2) is 14.2 Å². The van der Waals surface area contributed by atoms with Crippen LogP contribution in [0.2, 0.25) is 0 Å². The zero-order valence-corrected chi connectivity index (χ0v) is 15.5. The number of carbonyl (C=O) groups is 2. The molecule has 8 heteroatoms. The van der Waals surface area contributed by atoms with Gasteiger partial charge in [0.05, 0.1) is 5.69 Å². The number of hydrogen-bond acceptors (Lipinski definition) is 4. The third kappa shape index (κ3) is 4.37. The van der Waals surface area contributed by atoms with Crippen molar-refractivity contribution in [1.82, 2.24) is 9.88 Å². The normalized spacial score (nSPS) is 17.0. The molecule has 1 atom stereocenters. The molecule has 1 aliphatic rings. The lowest BCUT2D eigenvalue weighted by Gasteiger charge is -2.30. The number of aryl methyl sites for hydroxylation is 1. The molecule has 2 aromatic rings. The zero-order valence-electron chi connectivity index (χ0n) is 14.7. The van der Waals surface area contributed by atoms with Crippen molar-refractivity contribution in [3.05, 3.63) is 40.7 Å². The van der Waals surface area contributed by atoms with Crippen molar-refractivity contribution in [1.29, 1.82) is 0 Å². The third-order valence-corrected chi connectivity index (χ3v) is 5.32. The Hall–Kier alpha value is -2.48. The van der Waals surface area contributed by atoms with E-state index < -0.39 is 6.03 Å². The predicted molar refractivity (Wildman–Crippen MR) is 100 cm³/mol. The van der Waals surface area contributed by atoms with Crippen LogP contribution in [0.3, 0.4) is 0 Å². The van der Waals surface area contributed by atoms with E-state index in [0.29, 0.717) is 27.3 Å². The number of carbonyl (C=O) groups excluding carboxylic acids is 2. The molecule has 0 spiro atoms. The number of urea groups is 1. The second-order valence-corrected chi connectivity index (χ2v) is 7.52. The number of anilines is 2. The Kier molecular flexibility index (Phi) is 5.51. The molecule has 1 aromatic carbocycles. The molecule has 138 valence electrons. The molecule has 3 amide bonds. The van der Waals surface area contributed by atoms with Crippen LogP contribution in [0.25, 0.3) is 0 Å². The Morgan fingerprint density at radius 1 is 1.27 bits per heavy atom. The minimum atomic E-state index is -0.490. The molecular formula is C18H21FN4O2S. The molecule has 2 N–H and O–H groups in total. The van der Waals surface area contributed by atoms with Crippen molar-refractivity contribution >= 4 is 34.1 Å². The van der Waals surface area contributed by atoms with Crippen LogP contribution < -0.4 is 10.6 Å². The highest BCUT2D eigenvalue weighted by Gasteiger charge is 2.25. The van der Waals surface area contributed by atoms with Crippen LogP contribution in [-0.2, 0) is 0 Å². The maximum atomic E-state index is 12.9. The second kappa shape index (κ2) is 7.82. The third-order valence-electron chi connectivity index (χ3n) is 4.26. The van der Waals surface area contributed by atoms with Crippen molar-refractivity contribution in [3.8, 4) is 0 Å². The highest BCUT2D eigenvalue weighted by atomic mass is 32.1. The molecule has 6 nitrogen and oxygen atoms in total. The first-order valence-corrected chi connectivity index (χ1v) is 9.34. The number of hydrogen-bond donors (Lipinski definition) is 2. The molecule has 1 aromatic heterocycles. The van der Waals surface area contributed by atoms with Crippen LogP contribution in [0, 0.1) is 18.7 Å². The topological polar surface area (TPSA) is 74.3 Å². The van der Waals surface area contributed by atoms with Gasteiger partial charge < -0.3 is 10.2 Å². The number of thiazole rings is 1. The Bertz CT molecular complexity index is 806. The molecule has 1 saturated heterocycles. The number of piperidine rings is 1. The van der Waals surface area contributed by atoms with Crippen molar-refractivity contribution in [2.24, 2.45) is 5.92 Å². The first-order chi connectivity index (χ1) is 12.4. The van der Waals surface area contributed by atoms with E-state index in [0.717, 1.165) is 25.9 Å². The number of nitrogens with one attached hydrogen (secondary N) is 2. The molecule has 0 aliphatic carbocycles. The lowest BCUT2D eigenvalue weighted by molar-refractivity contribution is 0.0687. The van der Waals surface area contributed by atoms with E-state index in [1.54, 1.807) is 6.92 Å². The maximum absolute atomic E-state index is 12.9. The van der Waals surface area contributed by atoms with Crippen LogP contribution in [0.15, 0.2) is 24.3 Å². The SMILES string of the molecule is Cc1nc(NC(=O)Nc2ccc(F)cc2)sc1C(=O)N1CCCC(C)C1. The number of likely N-dealkylation sites (tertiary alicyclic amines) is 1. The summed E-state index contributed by atoms with van der Waals surface area (Å²) in [5, 5.41) is 5.58. The molecule has 0 radical (unpaired) electrons. The largest absolute Gasteiger partial charge is 0.338 e. The second-order valence-electron chi connectivity index (χ2n) is 6.52. The first-order valence-electron chi connectivity index (χ1n) is 8.52. The smallest absolute Gasteiger partial charge is 0.325 e. The number of halogens is 1. The highest BCUT2D eigenvalue weighted by Crippen LogP contribution is 2.26. The van der Waals surface area contributed by atoms with Crippen LogP contribution in [0.4, 0.5) is 20.0 Å². The van der Waals surface area contributed by atoms with E-state index in [1.807, 2.05) is 4.90 Å². The van der Waals surface area contributed by atoms with Gasteiger partial charge in [0.2, 0.25) is 0 Å². The van der Waals surface area contributed by atoms with Gasteiger partial charge in [-0.15, -0.1) is 0 Å². The Balaban J connectivity index is 1.64. The Morgan fingerprint density at radius 2 is 2.00 bits per heavy atom. The summed E-state index contributed by atoms with van der Waals surface area (Å²) in [7, 11) is 0. The molecular weight excluding hydrogens is 355 g/mol. The van der Waals surface area contributed by atoms with Gasteiger partial charge in [0, 0.05) is 18.8 Å². The number of rotatable bonds is 3. The zero-order chi connectivity index (χ0) is 18.7. The van der Waals surface area contributed by atoms with Gasteiger partial charge in [0.1, 0.15) is 10.7 Å². The molecule has 0 saturated carbocycles. The average molecular weight is 376 g/mol. The highest BCUT2D eigenvalue weighted by molar-refractivity contribution is 7.17. The van der Waals surface area contributed by atoms with Gasteiger partial charge in [-0.1, -0.05) is 18.3 Å². The summed E-state index contributed by atoms with van der Waals surface area (Å²) in [6.45, 7) is 5.42. The van der Waals surface area contributed by atoms with E-state index in [1.165, 1.54) is 35.6 Å². The van der Waals surface area contributed by atoms with E-state index in [4.69, 9.17) is 0 Å². The number of benzene rings is 1. The summed E-state index contributed by atoms with van der Waals surface area (Å²) in [5.41, 5.74) is 1.08. The lowest BCUT2D eigenvalue weighted by atomic mass is 10.0. The van der Waals surface area contributed by atoms with Crippen molar-refractivity contribution in [2.45, 2.75) is 26.7 Å². The molecule has 26 heavy (non-hydrogen) atoms. The number of aromatic nitrogens is 1. The van der Waals surface area contributed by atoms with Gasteiger partial charge in [-0.2, -0.15) is 0 Å². The molecule has 1 aliphatic heterocycles. The van der Waals surface area contributed by atoms with E-state index in [9.17, 15) is 14.0 Å². The molecule has 3 rings (SSSR count). The quantitative estimate of drug-likeness (QED) is 0.847. The van der Waals surface area contributed by atoms with Gasteiger partial charge in [0.25, 0.3) is 5.91 Å². The van der Waals surface area contributed by atoms with E-state index in [-0.39, 0.29) is 11.7 Å². The van der Waals surface area contributed by atoms with E-state index in [2.05, 4.69) is 22.5 Å². The van der Waals surface area contributed by atoms with Gasteiger partial charge in [-0.05, 0) is 49.9 Å². The van der Waals surface area contributed by atoms with Crippen LogP contribution >= 0.6 is 11.3 Å². The summed E-state index contributed by atoms with van der Waals surface area (Å²) in [6, 6.07) is 4.97. The average Bonchev–Trinajstić information content (AvgIpc) is 2.96. The summed E-state index contributed by atoms with van der Waals surface area (Å²) in [6.07, 6.45) is 2.15. The summed E-state index contributed by atoms with van der Waals surface area (Å²) < 4.78 is 12.9. The monoisotopic (exact) mass is 376 g/mol. The lowest BCUT2D eigenvalue weighted by Crippen LogP contribution is -2.39. The fourth-order valence-corrected chi connectivity index (χ4v) is 3.89. The summed E-state index contributed by atoms with van der Waals surface area (Å²) >= 11 is 1.17. The number of nitrogens with zero attached hydrogens (tertiary/aromatic N) is 2. The van der Waals surface area contributed by atoms with Gasteiger partial charge in [-0.3, -0.25) is 10.1 Å². The van der Waals surface area contributed by atoms with E-state index >= 15 is 0 Å². The number of amides is 3. The predicted octanol–water partition coefficient (Wildman–Crippen LogP) is 4.11. The van der Waals surface area contributed by atoms with Crippen molar-refractivity contribution in [3.63, 3.8) is 0 Å². The molecule has 0 bridgehead atoms. The fraction of sp³-hybridized carbons (Fsp3) is 0.389. The minimum Gasteiger partial charge on any atom is -0.338 e. The van der Waals surface area contributed by atoms with Crippen molar-refractivity contribution in [2.75, 3.05) is 23.7 Å². The van der Waals surface area contributed by atoms with Gasteiger partial charge >= 0.3 is 6.03 Å². The van der Waals surface area contributed by atoms with Crippen LogP contribution in [0.5, 0.6) is 0 Å². The summed E-state index contributed by atoms with van der Waals surface area (Å²) in [5.74, 6) is 0.0974. The Morgan fingerprint density at radius 3 is 2.69 bits per heavy atom. The fourth-order valence-electron chi connectivity index (χ4n) is 2.96. The first kappa shape index (κ1) is 18.3. The molecule has 2 heterocycles. The summed E-state index contributed by atoms with van der Waals surface area (Å²) in [4.78, 5) is 31.5. The standard InChI is InChI=1S/C18H21FN4O2S/c1-11-4-3-9-23(10-11)16(24)15-12(2)20-18(26-15)22-17(25)21-14-7-5-13(19)6-8-14/h5-8,11H,3-4,9-10H2,1-2H3,(H2,20,21,22,25). The maximum Gasteiger partial charge on any atom is 0.325 e. The van der Waals surface area contributed by atoms with Crippen LogP contribution in [0.1, 0.15) is 35.1 Å². The van der Waals surface area contributed by atoms with Gasteiger partial charge in [0.15, 0.2) is 5.13 Å². The molecule has 1 fully saturated rings.